The number of amides is 1. The van der Waals surface area contributed by atoms with E-state index in [1.54, 1.807) is 37.4 Å². The zero-order valence-corrected chi connectivity index (χ0v) is 21.0. The fourth-order valence-corrected chi connectivity index (χ4v) is 3.62. The molecule has 2 aromatic heterocycles. The van der Waals surface area contributed by atoms with Crippen LogP contribution in [0.3, 0.4) is 0 Å². The van der Waals surface area contributed by atoms with Gasteiger partial charge >= 0.3 is 0 Å². The van der Waals surface area contributed by atoms with Gasteiger partial charge in [-0.2, -0.15) is 4.52 Å². The lowest BCUT2D eigenvalue weighted by Gasteiger charge is -2.11. The van der Waals surface area contributed by atoms with Crippen LogP contribution >= 0.6 is 0 Å². The second kappa shape index (κ2) is 11.3. The van der Waals surface area contributed by atoms with E-state index in [-0.39, 0.29) is 36.1 Å². The number of carbonyl (C=O) groups excluding carboxylic acids is 1. The SMILES string of the molecule is COc1ccc(-c2nnc3ccc(OCCNC(=O)c4cc(OC)c(OC)cc4[N+](=O)[O-])nn23)c(OC)c1. The molecule has 0 saturated heterocycles. The molecule has 0 unspecified atom stereocenters. The van der Waals surface area contributed by atoms with E-state index in [1.165, 1.54) is 31.9 Å². The van der Waals surface area contributed by atoms with Gasteiger partial charge in [-0.3, -0.25) is 14.9 Å². The van der Waals surface area contributed by atoms with E-state index < -0.39 is 16.5 Å². The van der Waals surface area contributed by atoms with E-state index in [0.717, 1.165) is 6.07 Å². The Balaban J connectivity index is 1.46. The highest BCUT2D eigenvalue weighted by atomic mass is 16.6. The fraction of sp³-hybridized carbons (Fsp3) is 0.250. The number of hydrogen-bond acceptors (Lipinski definition) is 11. The lowest BCUT2D eigenvalue weighted by molar-refractivity contribution is -0.385. The van der Waals surface area contributed by atoms with Crippen molar-refractivity contribution in [2.75, 3.05) is 41.6 Å². The van der Waals surface area contributed by atoms with E-state index in [4.69, 9.17) is 23.7 Å². The molecule has 14 nitrogen and oxygen atoms in total. The van der Waals surface area contributed by atoms with Crippen molar-refractivity contribution in [2.45, 2.75) is 0 Å². The summed E-state index contributed by atoms with van der Waals surface area (Å²) in [5.74, 6) is 1.49. The molecule has 0 aliphatic heterocycles. The van der Waals surface area contributed by atoms with Crippen LogP contribution in [0.25, 0.3) is 17.0 Å². The molecule has 0 atom stereocenters. The molecule has 4 aromatic rings. The van der Waals surface area contributed by atoms with Crippen molar-refractivity contribution in [3.05, 3.63) is 58.1 Å². The Morgan fingerprint density at radius 2 is 1.68 bits per heavy atom. The van der Waals surface area contributed by atoms with Crippen molar-refractivity contribution in [3.63, 3.8) is 0 Å². The average molecular weight is 524 g/mol. The van der Waals surface area contributed by atoms with Gasteiger partial charge < -0.3 is 29.0 Å². The second-order valence-corrected chi connectivity index (χ2v) is 7.62. The Hall–Kier alpha value is -5.14. The number of ether oxygens (including phenoxy) is 5. The van der Waals surface area contributed by atoms with Gasteiger partial charge in [0.2, 0.25) is 5.88 Å². The van der Waals surface area contributed by atoms with Crippen LogP contribution in [0.5, 0.6) is 28.9 Å². The highest BCUT2D eigenvalue weighted by Crippen LogP contribution is 2.35. The van der Waals surface area contributed by atoms with Gasteiger partial charge in [-0.05, 0) is 18.2 Å². The number of nitro groups is 1. The van der Waals surface area contributed by atoms with Gasteiger partial charge in [0.05, 0.1) is 51.5 Å². The molecule has 14 heteroatoms. The molecule has 0 saturated carbocycles. The van der Waals surface area contributed by atoms with E-state index in [1.807, 2.05) is 0 Å². The number of rotatable bonds is 11. The van der Waals surface area contributed by atoms with Gasteiger partial charge in [0.25, 0.3) is 11.6 Å². The number of benzene rings is 2. The molecule has 4 rings (SSSR count). The molecule has 0 radical (unpaired) electrons. The van der Waals surface area contributed by atoms with Gasteiger partial charge in [-0.15, -0.1) is 15.3 Å². The Morgan fingerprint density at radius 1 is 0.947 bits per heavy atom. The van der Waals surface area contributed by atoms with Crippen LogP contribution in [-0.4, -0.2) is 72.2 Å². The lowest BCUT2D eigenvalue weighted by Crippen LogP contribution is -2.28. The lowest BCUT2D eigenvalue weighted by atomic mass is 10.1. The van der Waals surface area contributed by atoms with Crippen molar-refractivity contribution in [1.82, 2.24) is 25.1 Å². The molecule has 0 aliphatic rings. The number of nitrogens with zero attached hydrogens (tertiary/aromatic N) is 5. The monoisotopic (exact) mass is 524 g/mol. The van der Waals surface area contributed by atoms with Crippen molar-refractivity contribution >= 4 is 17.2 Å². The third kappa shape index (κ3) is 5.18. The molecular weight excluding hydrogens is 500 g/mol. The molecule has 1 N–H and O–H groups in total. The largest absolute Gasteiger partial charge is 0.497 e. The summed E-state index contributed by atoms with van der Waals surface area (Å²) >= 11 is 0. The summed E-state index contributed by atoms with van der Waals surface area (Å²) in [7, 11) is 5.81. The minimum absolute atomic E-state index is 0.0364. The van der Waals surface area contributed by atoms with Gasteiger partial charge in [0.15, 0.2) is 23.0 Å². The van der Waals surface area contributed by atoms with Gasteiger partial charge in [-0.1, -0.05) is 0 Å². The minimum Gasteiger partial charge on any atom is -0.497 e. The van der Waals surface area contributed by atoms with Crippen LogP contribution in [0.2, 0.25) is 0 Å². The normalized spacial score (nSPS) is 10.6. The summed E-state index contributed by atoms with van der Waals surface area (Å²) in [4.78, 5) is 23.5. The number of nitrogens with one attached hydrogen (secondary N) is 1. The van der Waals surface area contributed by atoms with Gasteiger partial charge in [0.1, 0.15) is 23.7 Å². The first-order valence-corrected chi connectivity index (χ1v) is 11.2. The molecule has 0 fully saturated rings. The minimum atomic E-state index is -0.669. The molecule has 198 valence electrons. The Labute approximate surface area is 216 Å². The zero-order chi connectivity index (χ0) is 27.2. The highest BCUT2D eigenvalue weighted by Gasteiger charge is 2.24. The molecule has 38 heavy (non-hydrogen) atoms. The standard InChI is InChI=1S/C24H24N6O8/c1-34-14-5-6-15(18(11-14)35-2)23-27-26-21-7-8-22(28-29(21)23)38-10-9-25-24(31)16-12-19(36-3)20(37-4)13-17(16)30(32)33/h5-8,11-13H,9-10H2,1-4H3,(H,25,31). The van der Waals surface area contributed by atoms with Crippen molar-refractivity contribution in [1.29, 1.82) is 0 Å². The smallest absolute Gasteiger partial charge is 0.286 e. The summed E-state index contributed by atoms with van der Waals surface area (Å²) in [6, 6.07) is 11.0. The van der Waals surface area contributed by atoms with Crippen molar-refractivity contribution in [3.8, 4) is 40.3 Å². The summed E-state index contributed by atoms with van der Waals surface area (Å²) < 4.78 is 28.1. The first-order chi connectivity index (χ1) is 18.4. The van der Waals surface area contributed by atoms with E-state index >= 15 is 0 Å². The average Bonchev–Trinajstić information content (AvgIpc) is 3.36. The summed E-state index contributed by atoms with van der Waals surface area (Å²) in [6.07, 6.45) is 0. The summed E-state index contributed by atoms with van der Waals surface area (Å²) in [6.45, 7) is 0.0834. The summed E-state index contributed by atoms with van der Waals surface area (Å²) in [5.41, 5.74) is 0.547. The topological polar surface area (TPSA) is 161 Å². The van der Waals surface area contributed by atoms with Gasteiger partial charge in [-0.25, -0.2) is 0 Å². The van der Waals surface area contributed by atoms with Crippen LogP contribution in [0.1, 0.15) is 10.4 Å². The number of methoxy groups -OCH3 is 4. The van der Waals surface area contributed by atoms with Crippen LogP contribution < -0.4 is 29.0 Å². The van der Waals surface area contributed by atoms with Crippen LogP contribution in [0.4, 0.5) is 5.69 Å². The van der Waals surface area contributed by atoms with E-state index in [0.29, 0.717) is 28.5 Å². The number of aromatic nitrogens is 4. The number of hydrogen-bond donors (Lipinski definition) is 1. The van der Waals surface area contributed by atoms with Crippen LogP contribution in [-0.2, 0) is 0 Å². The predicted molar refractivity (Wildman–Crippen MR) is 133 cm³/mol. The molecule has 1 amide bonds. The molecule has 2 heterocycles. The van der Waals surface area contributed by atoms with E-state index in [2.05, 4.69) is 20.6 Å². The summed E-state index contributed by atoms with van der Waals surface area (Å²) in [5, 5.41) is 26.8. The predicted octanol–water partition coefficient (Wildman–Crippen LogP) is 2.54. The fourth-order valence-electron chi connectivity index (χ4n) is 3.62. The first kappa shape index (κ1) is 25.9. The van der Waals surface area contributed by atoms with Crippen LogP contribution in [0.15, 0.2) is 42.5 Å². The third-order valence-corrected chi connectivity index (χ3v) is 5.47. The Bertz CT molecular complexity index is 1490. The van der Waals surface area contributed by atoms with Crippen LogP contribution in [0, 0.1) is 10.1 Å². The Morgan fingerprint density at radius 3 is 2.37 bits per heavy atom. The maximum absolute atomic E-state index is 12.7. The number of carbonyl (C=O) groups is 1. The van der Waals surface area contributed by atoms with Gasteiger partial charge in [0, 0.05) is 18.2 Å². The van der Waals surface area contributed by atoms with E-state index in [9.17, 15) is 14.9 Å². The second-order valence-electron chi connectivity index (χ2n) is 7.62. The molecule has 0 aliphatic carbocycles. The maximum Gasteiger partial charge on any atom is 0.286 e. The zero-order valence-electron chi connectivity index (χ0n) is 21.0. The molecule has 0 bridgehead atoms. The van der Waals surface area contributed by atoms with Crippen molar-refractivity contribution in [2.24, 2.45) is 0 Å². The highest BCUT2D eigenvalue weighted by molar-refractivity contribution is 5.99. The number of nitro benzene ring substituents is 1. The molecule has 0 spiro atoms. The molecular formula is C24H24N6O8. The first-order valence-electron chi connectivity index (χ1n) is 11.2. The third-order valence-electron chi connectivity index (χ3n) is 5.47. The molecule has 2 aromatic carbocycles. The number of fused-ring (bicyclic) bond motifs is 1. The quantitative estimate of drug-likeness (QED) is 0.174. The van der Waals surface area contributed by atoms with Crippen molar-refractivity contribution < 1.29 is 33.4 Å². The Kier molecular flexibility index (Phi) is 7.70. The maximum atomic E-state index is 12.7.